The quantitative estimate of drug-likeness (QED) is 0.735. The predicted molar refractivity (Wildman–Crippen MR) is 49.0 cm³/mol. The van der Waals surface area contributed by atoms with Crippen molar-refractivity contribution >= 4 is 0 Å². The molecule has 1 aromatic rings. The molecule has 0 heterocycles. The van der Waals surface area contributed by atoms with Gasteiger partial charge in [-0.05, 0) is 43.9 Å². The van der Waals surface area contributed by atoms with Crippen LogP contribution in [0, 0.1) is 25.5 Å². The van der Waals surface area contributed by atoms with E-state index in [4.69, 9.17) is 0 Å². The molecule has 0 bridgehead atoms. The molecular weight excluding hydrogens is 186 g/mol. The third-order valence-electron chi connectivity index (χ3n) is 2.83. The molecule has 1 nitrogen and oxygen atoms in total. The molecule has 0 unspecified atom stereocenters. The molecular formula is C11H12F2O. The zero-order chi connectivity index (χ0) is 10.5. The Morgan fingerprint density at radius 2 is 1.86 bits per heavy atom. The molecule has 1 N–H and O–H groups in total. The fraction of sp³-hybridized carbons (Fsp3) is 0.455. The summed E-state index contributed by atoms with van der Waals surface area (Å²) in [6.45, 7) is 3.01. The largest absolute Gasteiger partial charge is 0.385 e. The molecule has 0 amide bonds. The van der Waals surface area contributed by atoms with E-state index in [0.717, 1.165) is 0 Å². The van der Waals surface area contributed by atoms with Gasteiger partial charge in [-0.25, -0.2) is 8.78 Å². The lowest BCUT2D eigenvalue weighted by molar-refractivity contribution is 0.145. The Hall–Kier alpha value is -0.960. The molecule has 1 aliphatic rings. The molecule has 1 saturated carbocycles. The molecule has 0 aromatic heterocycles. The zero-order valence-electron chi connectivity index (χ0n) is 8.19. The van der Waals surface area contributed by atoms with Gasteiger partial charge in [0.05, 0.1) is 5.60 Å². The van der Waals surface area contributed by atoms with Gasteiger partial charge in [-0.1, -0.05) is 0 Å². The summed E-state index contributed by atoms with van der Waals surface area (Å²) in [5.74, 6) is -0.914. The van der Waals surface area contributed by atoms with Crippen LogP contribution in [0.15, 0.2) is 6.07 Å². The van der Waals surface area contributed by atoms with Crippen molar-refractivity contribution in [1.82, 2.24) is 0 Å². The van der Waals surface area contributed by atoms with E-state index in [0.29, 0.717) is 12.8 Å². The summed E-state index contributed by atoms with van der Waals surface area (Å²) in [7, 11) is 0. The summed E-state index contributed by atoms with van der Waals surface area (Å²) in [6.07, 6.45) is 1.04. The van der Waals surface area contributed by atoms with Crippen molar-refractivity contribution in [3.63, 3.8) is 0 Å². The van der Waals surface area contributed by atoms with Gasteiger partial charge in [-0.15, -0.1) is 0 Å². The topological polar surface area (TPSA) is 20.2 Å². The first-order valence-corrected chi connectivity index (χ1v) is 4.64. The van der Waals surface area contributed by atoms with E-state index in [2.05, 4.69) is 0 Å². The van der Waals surface area contributed by atoms with E-state index >= 15 is 0 Å². The van der Waals surface area contributed by atoms with E-state index in [1.54, 1.807) is 0 Å². The fourth-order valence-corrected chi connectivity index (χ4v) is 1.76. The minimum atomic E-state index is -1.11. The number of hydrogen-bond acceptors (Lipinski definition) is 1. The van der Waals surface area contributed by atoms with E-state index in [1.807, 2.05) is 0 Å². The first-order chi connectivity index (χ1) is 6.46. The monoisotopic (exact) mass is 198 g/mol. The molecule has 0 atom stereocenters. The van der Waals surface area contributed by atoms with Gasteiger partial charge in [-0.3, -0.25) is 0 Å². The van der Waals surface area contributed by atoms with Crippen molar-refractivity contribution < 1.29 is 13.9 Å². The SMILES string of the molecule is Cc1cc(F)c(C)c(C2(O)CC2)c1F. The fourth-order valence-electron chi connectivity index (χ4n) is 1.76. The Balaban J connectivity index is 2.68. The smallest absolute Gasteiger partial charge is 0.132 e. The van der Waals surface area contributed by atoms with Crippen LogP contribution in [0.5, 0.6) is 0 Å². The minimum Gasteiger partial charge on any atom is -0.385 e. The van der Waals surface area contributed by atoms with Crippen molar-refractivity contribution in [1.29, 1.82) is 0 Å². The highest BCUT2D eigenvalue weighted by Crippen LogP contribution is 2.48. The van der Waals surface area contributed by atoms with Crippen molar-refractivity contribution in [3.05, 3.63) is 34.4 Å². The van der Waals surface area contributed by atoms with Crippen LogP contribution in [0.3, 0.4) is 0 Å². The van der Waals surface area contributed by atoms with Gasteiger partial charge in [0.15, 0.2) is 0 Å². The first kappa shape index (κ1) is 9.59. The Kier molecular flexibility index (Phi) is 1.89. The third-order valence-corrected chi connectivity index (χ3v) is 2.83. The van der Waals surface area contributed by atoms with Crippen LogP contribution < -0.4 is 0 Å². The highest BCUT2D eigenvalue weighted by Gasteiger charge is 2.46. The Morgan fingerprint density at radius 3 is 2.36 bits per heavy atom. The molecule has 0 aliphatic heterocycles. The second-order valence-corrected chi connectivity index (χ2v) is 4.02. The highest BCUT2D eigenvalue weighted by molar-refractivity contribution is 5.40. The van der Waals surface area contributed by atoms with Crippen molar-refractivity contribution in [2.75, 3.05) is 0 Å². The van der Waals surface area contributed by atoms with Crippen LogP contribution in [0.25, 0.3) is 0 Å². The van der Waals surface area contributed by atoms with Gasteiger partial charge >= 0.3 is 0 Å². The molecule has 76 valence electrons. The Morgan fingerprint density at radius 1 is 1.29 bits per heavy atom. The normalized spacial score (nSPS) is 18.4. The molecule has 1 fully saturated rings. The number of hydrogen-bond donors (Lipinski definition) is 1. The van der Waals surface area contributed by atoms with Gasteiger partial charge < -0.3 is 5.11 Å². The number of benzene rings is 1. The van der Waals surface area contributed by atoms with Crippen LogP contribution in [0.4, 0.5) is 8.78 Å². The second-order valence-electron chi connectivity index (χ2n) is 4.02. The van der Waals surface area contributed by atoms with Crippen molar-refractivity contribution in [2.45, 2.75) is 32.3 Å². The van der Waals surface area contributed by atoms with Crippen LogP contribution in [-0.4, -0.2) is 5.11 Å². The molecule has 0 radical (unpaired) electrons. The molecule has 3 heteroatoms. The van der Waals surface area contributed by atoms with Gasteiger partial charge in [0.1, 0.15) is 11.6 Å². The third kappa shape index (κ3) is 1.23. The van der Waals surface area contributed by atoms with E-state index < -0.39 is 17.2 Å². The Labute approximate surface area is 81.4 Å². The lowest BCUT2D eigenvalue weighted by Gasteiger charge is -2.15. The molecule has 2 rings (SSSR count). The van der Waals surface area contributed by atoms with Crippen molar-refractivity contribution in [2.24, 2.45) is 0 Å². The summed E-state index contributed by atoms with van der Waals surface area (Å²) >= 11 is 0. The first-order valence-electron chi connectivity index (χ1n) is 4.64. The lowest BCUT2D eigenvalue weighted by atomic mass is 9.97. The van der Waals surface area contributed by atoms with Gasteiger partial charge in [-0.2, -0.15) is 0 Å². The summed E-state index contributed by atoms with van der Waals surface area (Å²) < 4.78 is 27.0. The summed E-state index contributed by atoms with van der Waals surface area (Å²) in [5, 5.41) is 9.80. The molecule has 14 heavy (non-hydrogen) atoms. The van der Waals surface area contributed by atoms with E-state index in [-0.39, 0.29) is 16.7 Å². The number of aliphatic hydroxyl groups is 1. The van der Waals surface area contributed by atoms with Crippen LogP contribution in [-0.2, 0) is 5.60 Å². The second kappa shape index (κ2) is 2.76. The van der Waals surface area contributed by atoms with Gasteiger partial charge in [0, 0.05) is 5.56 Å². The maximum Gasteiger partial charge on any atom is 0.132 e. The molecule has 1 aromatic carbocycles. The maximum absolute atomic E-state index is 13.7. The zero-order valence-corrected chi connectivity index (χ0v) is 8.19. The molecule has 0 spiro atoms. The van der Waals surface area contributed by atoms with E-state index in [9.17, 15) is 13.9 Å². The molecule has 1 aliphatic carbocycles. The predicted octanol–water partition coefficient (Wildman–Crippen LogP) is 2.56. The van der Waals surface area contributed by atoms with Crippen molar-refractivity contribution in [3.8, 4) is 0 Å². The summed E-state index contributed by atoms with van der Waals surface area (Å²) in [4.78, 5) is 0. The van der Waals surface area contributed by atoms with Crippen LogP contribution in [0.1, 0.15) is 29.5 Å². The maximum atomic E-state index is 13.7. The summed E-state index contributed by atoms with van der Waals surface area (Å²) in [5.41, 5.74) is -0.479. The minimum absolute atomic E-state index is 0.148. The molecule has 0 saturated heterocycles. The number of halogens is 2. The lowest BCUT2D eigenvalue weighted by Crippen LogP contribution is -2.12. The number of aryl methyl sites for hydroxylation is 1. The van der Waals surface area contributed by atoms with Crippen LogP contribution >= 0.6 is 0 Å². The highest BCUT2D eigenvalue weighted by atomic mass is 19.1. The van der Waals surface area contributed by atoms with E-state index in [1.165, 1.54) is 19.9 Å². The average molecular weight is 198 g/mol. The van der Waals surface area contributed by atoms with Gasteiger partial charge in [0.2, 0.25) is 0 Å². The standard InChI is InChI=1S/C11H12F2O/c1-6-5-8(12)7(2)9(10(6)13)11(14)3-4-11/h5,14H,3-4H2,1-2H3. The average Bonchev–Trinajstić information content (AvgIpc) is 2.81. The Bertz CT molecular complexity index is 369. The summed E-state index contributed by atoms with van der Waals surface area (Å²) in [6, 6.07) is 1.17. The van der Waals surface area contributed by atoms with Crippen LogP contribution in [0.2, 0.25) is 0 Å². The number of rotatable bonds is 1. The van der Waals surface area contributed by atoms with Gasteiger partial charge in [0.25, 0.3) is 0 Å².